The third-order valence-electron chi connectivity index (χ3n) is 3.64. The van der Waals surface area contributed by atoms with Crippen LogP contribution in [0.25, 0.3) is 0 Å². The summed E-state index contributed by atoms with van der Waals surface area (Å²) in [5.74, 6) is 0.881. The summed E-state index contributed by atoms with van der Waals surface area (Å²) >= 11 is 0. The maximum Gasteiger partial charge on any atom is 0.127 e. The first-order valence-electron chi connectivity index (χ1n) is 6.87. The number of pyridine rings is 1. The van der Waals surface area contributed by atoms with Gasteiger partial charge in [0.25, 0.3) is 0 Å². The fraction of sp³-hybridized carbons (Fsp3) is 0.643. The van der Waals surface area contributed by atoms with Gasteiger partial charge in [-0.15, -0.1) is 0 Å². The Kier molecular flexibility index (Phi) is 4.42. The molecule has 1 saturated carbocycles. The van der Waals surface area contributed by atoms with Crippen LogP contribution < -0.4 is 10.6 Å². The molecule has 4 heteroatoms. The Morgan fingerprint density at radius 3 is 2.78 bits per heavy atom. The Labute approximate surface area is 109 Å². The minimum atomic E-state index is -0.136. The summed E-state index contributed by atoms with van der Waals surface area (Å²) in [6.45, 7) is 3.12. The van der Waals surface area contributed by atoms with Crippen LogP contribution >= 0.6 is 0 Å². The maximum absolute atomic E-state index is 9.68. The lowest BCUT2D eigenvalue weighted by atomic mass is 9.82. The fourth-order valence-corrected chi connectivity index (χ4v) is 2.64. The molecule has 0 saturated heterocycles. The molecule has 0 aromatic carbocycles. The highest BCUT2D eigenvalue weighted by Gasteiger charge is 2.31. The number of anilines is 2. The van der Waals surface area contributed by atoms with Gasteiger partial charge in [-0.2, -0.15) is 0 Å². The normalized spacial score (nSPS) is 18.3. The number of aliphatic hydroxyl groups is 1. The van der Waals surface area contributed by atoms with E-state index in [0.717, 1.165) is 30.9 Å². The molecule has 0 radical (unpaired) electrons. The minimum absolute atomic E-state index is 0.136. The molecule has 18 heavy (non-hydrogen) atoms. The zero-order chi connectivity index (χ0) is 12.8. The number of aromatic nitrogens is 1. The second kappa shape index (κ2) is 6.05. The van der Waals surface area contributed by atoms with Gasteiger partial charge in [0.15, 0.2) is 0 Å². The summed E-state index contributed by atoms with van der Waals surface area (Å²) in [5, 5.41) is 16.4. The van der Waals surface area contributed by atoms with E-state index in [0.29, 0.717) is 0 Å². The summed E-state index contributed by atoms with van der Waals surface area (Å²) in [6, 6.07) is 3.97. The molecule has 1 aromatic rings. The summed E-state index contributed by atoms with van der Waals surface area (Å²) in [5.41, 5.74) is 0.903. The Balaban J connectivity index is 2.08. The molecule has 0 bridgehead atoms. The second-order valence-electron chi connectivity index (χ2n) is 5.08. The largest absolute Gasteiger partial charge is 0.394 e. The molecule has 0 spiro atoms. The van der Waals surface area contributed by atoms with Crippen molar-refractivity contribution < 1.29 is 5.11 Å². The van der Waals surface area contributed by atoms with Gasteiger partial charge in [0.05, 0.1) is 12.1 Å². The Hall–Kier alpha value is -1.29. The van der Waals surface area contributed by atoms with Crippen molar-refractivity contribution in [1.29, 1.82) is 0 Å². The third kappa shape index (κ3) is 3.13. The van der Waals surface area contributed by atoms with Crippen molar-refractivity contribution in [3.63, 3.8) is 0 Å². The predicted molar refractivity (Wildman–Crippen MR) is 74.9 cm³/mol. The van der Waals surface area contributed by atoms with E-state index in [4.69, 9.17) is 0 Å². The monoisotopic (exact) mass is 249 g/mol. The lowest BCUT2D eigenvalue weighted by Crippen LogP contribution is -2.43. The van der Waals surface area contributed by atoms with Gasteiger partial charge in [-0.05, 0) is 25.8 Å². The van der Waals surface area contributed by atoms with Crippen molar-refractivity contribution in [2.24, 2.45) is 0 Å². The molecule has 4 nitrogen and oxygen atoms in total. The molecule has 0 unspecified atom stereocenters. The minimum Gasteiger partial charge on any atom is -0.394 e. The van der Waals surface area contributed by atoms with Crippen molar-refractivity contribution in [2.45, 2.75) is 44.6 Å². The van der Waals surface area contributed by atoms with E-state index in [1.165, 1.54) is 19.3 Å². The van der Waals surface area contributed by atoms with Gasteiger partial charge in [-0.1, -0.05) is 19.3 Å². The van der Waals surface area contributed by atoms with E-state index >= 15 is 0 Å². The number of aliphatic hydroxyl groups excluding tert-OH is 1. The standard InChI is InChI=1S/C14H23N3O/c1-2-15-13-10-12(6-9-16-13)17-14(11-18)7-4-3-5-8-14/h6,9-10,18H,2-5,7-8,11H2,1H3,(H2,15,16,17). The van der Waals surface area contributed by atoms with E-state index in [-0.39, 0.29) is 12.1 Å². The molecule has 1 aromatic heterocycles. The average Bonchev–Trinajstić information content (AvgIpc) is 2.41. The van der Waals surface area contributed by atoms with Gasteiger partial charge < -0.3 is 15.7 Å². The van der Waals surface area contributed by atoms with Crippen LogP contribution in [0.1, 0.15) is 39.0 Å². The third-order valence-corrected chi connectivity index (χ3v) is 3.64. The number of hydrogen-bond acceptors (Lipinski definition) is 4. The predicted octanol–water partition coefficient (Wildman–Crippen LogP) is 2.62. The van der Waals surface area contributed by atoms with E-state index in [1.54, 1.807) is 6.20 Å². The first-order chi connectivity index (χ1) is 8.78. The van der Waals surface area contributed by atoms with Crippen LogP contribution in [0.2, 0.25) is 0 Å². The number of hydrogen-bond donors (Lipinski definition) is 3. The molecule has 1 fully saturated rings. The highest BCUT2D eigenvalue weighted by Crippen LogP contribution is 2.31. The Morgan fingerprint density at radius 2 is 2.11 bits per heavy atom. The molecular formula is C14H23N3O. The van der Waals surface area contributed by atoms with Crippen LogP contribution in [0.3, 0.4) is 0 Å². The van der Waals surface area contributed by atoms with Crippen LogP contribution in [-0.2, 0) is 0 Å². The molecule has 3 N–H and O–H groups in total. The van der Waals surface area contributed by atoms with Crippen molar-refractivity contribution in [2.75, 3.05) is 23.8 Å². The van der Waals surface area contributed by atoms with E-state index in [9.17, 15) is 5.11 Å². The van der Waals surface area contributed by atoms with Crippen molar-refractivity contribution >= 4 is 11.5 Å². The summed E-state index contributed by atoms with van der Waals surface area (Å²) in [4.78, 5) is 4.26. The van der Waals surface area contributed by atoms with E-state index < -0.39 is 0 Å². The summed E-state index contributed by atoms with van der Waals surface area (Å²) in [6.07, 6.45) is 7.55. The zero-order valence-corrected chi connectivity index (χ0v) is 11.1. The van der Waals surface area contributed by atoms with Gasteiger partial charge in [0.2, 0.25) is 0 Å². The smallest absolute Gasteiger partial charge is 0.127 e. The molecule has 100 valence electrons. The Bertz CT molecular complexity index is 375. The molecular weight excluding hydrogens is 226 g/mol. The lowest BCUT2D eigenvalue weighted by Gasteiger charge is -2.37. The van der Waals surface area contributed by atoms with Gasteiger partial charge in [-0.25, -0.2) is 4.98 Å². The Morgan fingerprint density at radius 1 is 1.33 bits per heavy atom. The molecule has 0 atom stereocenters. The first kappa shape index (κ1) is 13.1. The number of nitrogens with one attached hydrogen (secondary N) is 2. The van der Waals surface area contributed by atoms with Crippen molar-refractivity contribution in [3.8, 4) is 0 Å². The molecule has 1 heterocycles. The molecule has 0 aliphatic heterocycles. The van der Waals surface area contributed by atoms with Gasteiger partial charge in [0, 0.05) is 24.5 Å². The topological polar surface area (TPSA) is 57.2 Å². The number of nitrogens with zero attached hydrogens (tertiary/aromatic N) is 1. The SMILES string of the molecule is CCNc1cc(NC2(CO)CCCCC2)ccn1. The average molecular weight is 249 g/mol. The van der Waals surface area contributed by atoms with Crippen LogP contribution in [0, 0.1) is 0 Å². The molecule has 0 amide bonds. The molecule has 1 aliphatic rings. The molecule has 1 aliphatic carbocycles. The summed E-state index contributed by atoms with van der Waals surface area (Å²) in [7, 11) is 0. The van der Waals surface area contributed by atoms with Crippen LogP contribution in [0.15, 0.2) is 18.3 Å². The highest BCUT2D eigenvalue weighted by molar-refractivity contribution is 5.53. The van der Waals surface area contributed by atoms with Gasteiger partial charge in [0.1, 0.15) is 5.82 Å². The van der Waals surface area contributed by atoms with Crippen LogP contribution in [0.5, 0.6) is 0 Å². The van der Waals surface area contributed by atoms with E-state index in [2.05, 4.69) is 22.5 Å². The maximum atomic E-state index is 9.68. The highest BCUT2D eigenvalue weighted by atomic mass is 16.3. The summed E-state index contributed by atoms with van der Waals surface area (Å²) < 4.78 is 0. The first-order valence-corrected chi connectivity index (χ1v) is 6.87. The second-order valence-corrected chi connectivity index (χ2v) is 5.08. The lowest BCUT2D eigenvalue weighted by molar-refractivity contribution is 0.173. The van der Waals surface area contributed by atoms with Crippen molar-refractivity contribution in [1.82, 2.24) is 4.98 Å². The number of rotatable bonds is 5. The van der Waals surface area contributed by atoms with Crippen LogP contribution in [0.4, 0.5) is 11.5 Å². The van der Waals surface area contributed by atoms with Crippen LogP contribution in [-0.4, -0.2) is 28.8 Å². The zero-order valence-electron chi connectivity index (χ0n) is 11.1. The van der Waals surface area contributed by atoms with Gasteiger partial charge >= 0.3 is 0 Å². The van der Waals surface area contributed by atoms with Crippen molar-refractivity contribution in [3.05, 3.63) is 18.3 Å². The fourth-order valence-electron chi connectivity index (χ4n) is 2.64. The van der Waals surface area contributed by atoms with E-state index in [1.807, 2.05) is 12.1 Å². The quantitative estimate of drug-likeness (QED) is 0.751. The van der Waals surface area contributed by atoms with Gasteiger partial charge in [-0.3, -0.25) is 0 Å². The molecule has 2 rings (SSSR count).